The molecule has 1 heterocycles. The first-order valence-electron chi connectivity index (χ1n) is 6.46. The van der Waals surface area contributed by atoms with Crippen LogP contribution in [0.5, 0.6) is 0 Å². The molecule has 0 aliphatic heterocycles. The lowest BCUT2D eigenvalue weighted by atomic mass is 9.98. The fourth-order valence-corrected chi connectivity index (χ4v) is 2.19. The maximum Gasteiger partial charge on any atom is 0.256 e. The second-order valence-electron chi connectivity index (χ2n) is 4.58. The van der Waals surface area contributed by atoms with Gasteiger partial charge < -0.3 is 15.8 Å². The summed E-state index contributed by atoms with van der Waals surface area (Å²) in [5, 5.41) is 8.99. The summed E-state index contributed by atoms with van der Waals surface area (Å²) < 4.78 is 5.71. The number of nitrogens with two attached hydrogens (primary N) is 1. The number of ether oxygens (including phenoxy) is 1. The monoisotopic (exact) mass is 252 g/mol. The van der Waals surface area contributed by atoms with Gasteiger partial charge in [0.1, 0.15) is 11.4 Å². The van der Waals surface area contributed by atoms with Gasteiger partial charge in [0.2, 0.25) is 0 Å². The number of carbonyl (C=O) groups is 1. The molecule has 2 rings (SSSR count). The van der Waals surface area contributed by atoms with Crippen molar-refractivity contribution in [2.24, 2.45) is 0 Å². The minimum Gasteiger partial charge on any atom is -0.383 e. The van der Waals surface area contributed by atoms with E-state index in [2.05, 4.69) is 15.5 Å². The van der Waals surface area contributed by atoms with E-state index in [1.54, 1.807) is 0 Å². The molecule has 4 N–H and O–H groups in total. The van der Waals surface area contributed by atoms with Gasteiger partial charge in [0.15, 0.2) is 0 Å². The Morgan fingerprint density at radius 3 is 2.94 bits per heavy atom. The van der Waals surface area contributed by atoms with Crippen LogP contribution < -0.4 is 11.1 Å². The third-order valence-electron chi connectivity index (χ3n) is 3.21. The van der Waals surface area contributed by atoms with Gasteiger partial charge in [-0.25, -0.2) is 0 Å². The van der Waals surface area contributed by atoms with Crippen LogP contribution in [0.4, 0.5) is 5.82 Å². The van der Waals surface area contributed by atoms with Crippen LogP contribution in [0.2, 0.25) is 0 Å². The molecule has 0 atom stereocenters. The van der Waals surface area contributed by atoms with Crippen LogP contribution in [0.1, 0.15) is 42.5 Å². The minimum atomic E-state index is -0.214. The highest BCUT2D eigenvalue weighted by atomic mass is 16.5. The molecule has 1 saturated carbocycles. The van der Waals surface area contributed by atoms with Crippen LogP contribution in [0, 0.1) is 0 Å². The standard InChI is InChI=1S/C12H20N4O2/c13-11-10(8-15-16-11)12(17)14-6-7-18-9-4-2-1-3-5-9/h8-9H,1-7H2,(H,14,17)(H3,13,15,16). The van der Waals surface area contributed by atoms with E-state index >= 15 is 0 Å². The molecule has 1 aliphatic rings. The van der Waals surface area contributed by atoms with E-state index in [1.807, 2.05) is 0 Å². The summed E-state index contributed by atoms with van der Waals surface area (Å²) in [7, 11) is 0. The van der Waals surface area contributed by atoms with Crippen molar-refractivity contribution in [1.29, 1.82) is 0 Å². The number of carbonyl (C=O) groups excluding carboxylic acids is 1. The molecule has 100 valence electrons. The van der Waals surface area contributed by atoms with E-state index in [0.29, 0.717) is 30.6 Å². The van der Waals surface area contributed by atoms with E-state index in [9.17, 15) is 4.79 Å². The number of rotatable bonds is 5. The van der Waals surface area contributed by atoms with Crippen LogP contribution in [0.3, 0.4) is 0 Å². The van der Waals surface area contributed by atoms with Gasteiger partial charge in [0, 0.05) is 6.54 Å². The van der Waals surface area contributed by atoms with Crippen molar-refractivity contribution in [1.82, 2.24) is 15.5 Å². The third kappa shape index (κ3) is 3.46. The second kappa shape index (κ2) is 6.39. The summed E-state index contributed by atoms with van der Waals surface area (Å²) in [6.07, 6.45) is 7.90. The fourth-order valence-electron chi connectivity index (χ4n) is 2.19. The Kier molecular flexibility index (Phi) is 4.58. The smallest absolute Gasteiger partial charge is 0.256 e. The van der Waals surface area contributed by atoms with Crippen molar-refractivity contribution in [2.75, 3.05) is 18.9 Å². The zero-order valence-electron chi connectivity index (χ0n) is 10.4. The number of H-pyrrole nitrogens is 1. The van der Waals surface area contributed by atoms with E-state index in [4.69, 9.17) is 10.5 Å². The number of anilines is 1. The first-order valence-corrected chi connectivity index (χ1v) is 6.46. The first kappa shape index (κ1) is 12.9. The fraction of sp³-hybridized carbons (Fsp3) is 0.667. The molecule has 1 amide bonds. The number of nitrogens with one attached hydrogen (secondary N) is 2. The quantitative estimate of drug-likeness (QED) is 0.683. The highest BCUT2D eigenvalue weighted by molar-refractivity contribution is 5.98. The Bertz CT molecular complexity index is 385. The van der Waals surface area contributed by atoms with Gasteiger partial charge in [-0.2, -0.15) is 5.10 Å². The SMILES string of the molecule is Nc1[nH]ncc1C(=O)NCCOC1CCCCC1. The Morgan fingerprint density at radius 2 is 2.28 bits per heavy atom. The molecule has 0 bridgehead atoms. The Balaban J connectivity index is 1.63. The first-order chi connectivity index (χ1) is 8.77. The Morgan fingerprint density at radius 1 is 1.50 bits per heavy atom. The van der Waals surface area contributed by atoms with Gasteiger partial charge in [-0.15, -0.1) is 0 Å². The second-order valence-corrected chi connectivity index (χ2v) is 4.58. The summed E-state index contributed by atoms with van der Waals surface area (Å²) in [5.74, 6) is 0.0780. The minimum absolute atomic E-state index is 0.214. The highest BCUT2D eigenvalue weighted by Crippen LogP contribution is 2.19. The normalized spacial score (nSPS) is 16.7. The molecule has 0 aromatic carbocycles. The predicted molar refractivity (Wildman–Crippen MR) is 68.2 cm³/mol. The van der Waals surface area contributed by atoms with Crippen molar-refractivity contribution >= 4 is 11.7 Å². The maximum absolute atomic E-state index is 11.7. The van der Waals surface area contributed by atoms with Gasteiger partial charge in [-0.3, -0.25) is 9.89 Å². The van der Waals surface area contributed by atoms with Gasteiger partial charge >= 0.3 is 0 Å². The molecule has 0 saturated heterocycles. The summed E-state index contributed by atoms with van der Waals surface area (Å²) in [5.41, 5.74) is 5.93. The molecular weight excluding hydrogens is 232 g/mol. The van der Waals surface area contributed by atoms with Crippen molar-refractivity contribution in [3.63, 3.8) is 0 Å². The number of hydrogen-bond donors (Lipinski definition) is 3. The average molecular weight is 252 g/mol. The highest BCUT2D eigenvalue weighted by Gasteiger charge is 2.14. The predicted octanol–water partition coefficient (Wildman–Crippen LogP) is 1.07. The number of hydrogen-bond acceptors (Lipinski definition) is 4. The van der Waals surface area contributed by atoms with Gasteiger partial charge in [0.05, 0.1) is 18.9 Å². The van der Waals surface area contributed by atoms with E-state index in [-0.39, 0.29) is 5.91 Å². The molecule has 0 spiro atoms. The summed E-state index contributed by atoms with van der Waals surface area (Å²) in [4.78, 5) is 11.7. The summed E-state index contributed by atoms with van der Waals surface area (Å²) >= 11 is 0. The summed E-state index contributed by atoms with van der Waals surface area (Å²) in [6.45, 7) is 1.05. The number of aromatic amines is 1. The molecule has 6 nitrogen and oxygen atoms in total. The number of nitrogens with zero attached hydrogens (tertiary/aromatic N) is 1. The van der Waals surface area contributed by atoms with Crippen LogP contribution in [0.25, 0.3) is 0 Å². The molecule has 1 aliphatic carbocycles. The zero-order chi connectivity index (χ0) is 12.8. The number of nitrogen functional groups attached to an aromatic ring is 1. The van der Waals surface area contributed by atoms with Crippen LogP contribution in [-0.4, -0.2) is 35.4 Å². The molecule has 0 radical (unpaired) electrons. The summed E-state index contributed by atoms with van der Waals surface area (Å²) in [6, 6.07) is 0. The lowest BCUT2D eigenvalue weighted by molar-refractivity contribution is 0.0299. The molecule has 0 unspecified atom stereocenters. The largest absolute Gasteiger partial charge is 0.383 e. The molecule has 18 heavy (non-hydrogen) atoms. The zero-order valence-corrected chi connectivity index (χ0v) is 10.4. The molecule has 6 heteroatoms. The lowest BCUT2D eigenvalue weighted by Gasteiger charge is -2.21. The van der Waals surface area contributed by atoms with E-state index in [0.717, 1.165) is 12.8 Å². The Hall–Kier alpha value is -1.56. The van der Waals surface area contributed by atoms with Crippen LogP contribution >= 0.6 is 0 Å². The van der Waals surface area contributed by atoms with E-state index in [1.165, 1.54) is 25.5 Å². The molecule has 1 fully saturated rings. The third-order valence-corrected chi connectivity index (χ3v) is 3.21. The number of amides is 1. The van der Waals surface area contributed by atoms with Crippen molar-refractivity contribution < 1.29 is 9.53 Å². The van der Waals surface area contributed by atoms with E-state index < -0.39 is 0 Å². The van der Waals surface area contributed by atoms with Gasteiger partial charge in [0.25, 0.3) is 5.91 Å². The van der Waals surface area contributed by atoms with Crippen molar-refractivity contribution in [3.05, 3.63) is 11.8 Å². The van der Waals surface area contributed by atoms with Crippen molar-refractivity contribution in [3.8, 4) is 0 Å². The molecule has 1 aromatic rings. The molecular formula is C12H20N4O2. The number of aromatic nitrogens is 2. The van der Waals surface area contributed by atoms with Crippen LogP contribution in [0.15, 0.2) is 6.20 Å². The lowest BCUT2D eigenvalue weighted by Crippen LogP contribution is -2.29. The van der Waals surface area contributed by atoms with Crippen molar-refractivity contribution in [2.45, 2.75) is 38.2 Å². The maximum atomic E-state index is 11.7. The average Bonchev–Trinajstić information content (AvgIpc) is 2.82. The van der Waals surface area contributed by atoms with Crippen LogP contribution in [-0.2, 0) is 4.74 Å². The Labute approximate surface area is 106 Å². The van der Waals surface area contributed by atoms with Gasteiger partial charge in [-0.05, 0) is 12.8 Å². The topological polar surface area (TPSA) is 93.0 Å². The van der Waals surface area contributed by atoms with Gasteiger partial charge in [-0.1, -0.05) is 19.3 Å². The molecule has 1 aromatic heterocycles.